The smallest absolute Gasteiger partial charge is 0.338 e. The summed E-state index contributed by atoms with van der Waals surface area (Å²) in [5.74, 6) is -0.239. The molecule has 1 aromatic carbocycles. The van der Waals surface area contributed by atoms with E-state index in [0.717, 1.165) is 31.2 Å². The highest BCUT2D eigenvalue weighted by molar-refractivity contribution is 5.83. The van der Waals surface area contributed by atoms with Gasteiger partial charge in [-0.2, -0.15) is 0 Å². The Bertz CT molecular complexity index is 681. The number of hydrogen-bond donors (Lipinski definition) is 0. The third kappa shape index (κ3) is 6.79. The summed E-state index contributed by atoms with van der Waals surface area (Å²) in [5.41, 5.74) is 2.27. The van der Waals surface area contributed by atoms with Gasteiger partial charge in [0.25, 0.3) is 0 Å². The average Bonchev–Trinajstić information content (AvgIpc) is 2.67. The first-order valence-corrected chi connectivity index (χ1v) is 9.48. The van der Waals surface area contributed by atoms with Crippen LogP contribution in [0.1, 0.15) is 63.0 Å². The number of nitrogens with zero attached hydrogens (tertiary/aromatic N) is 2. The molecule has 4 heteroatoms. The second-order valence-electron chi connectivity index (χ2n) is 6.42. The maximum Gasteiger partial charge on any atom is 0.338 e. The van der Waals surface area contributed by atoms with Gasteiger partial charge in [-0.15, -0.1) is 0 Å². The van der Waals surface area contributed by atoms with Gasteiger partial charge in [0.2, 0.25) is 0 Å². The summed E-state index contributed by atoms with van der Waals surface area (Å²) in [6.07, 6.45) is 13.3. The summed E-state index contributed by atoms with van der Waals surface area (Å²) in [4.78, 5) is 20.3. The van der Waals surface area contributed by atoms with Crippen molar-refractivity contribution in [2.45, 2.75) is 58.3 Å². The van der Waals surface area contributed by atoms with E-state index in [1.807, 2.05) is 24.3 Å². The van der Waals surface area contributed by atoms with E-state index in [2.05, 4.69) is 35.9 Å². The van der Waals surface area contributed by atoms with Gasteiger partial charge in [0.1, 0.15) is 0 Å². The van der Waals surface area contributed by atoms with Crippen LogP contribution in [-0.4, -0.2) is 15.9 Å². The topological polar surface area (TPSA) is 52.1 Å². The van der Waals surface area contributed by atoms with Gasteiger partial charge in [-0.1, -0.05) is 69.5 Å². The first-order chi connectivity index (χ1) is 12.7. The molecule has 0 bridgehead atoms. The number of esters is 1. The van der Waals surface area contributed by atoms with Gasteiger partial charge in [0, 0.05) is 24.4 Å². The number of benzene rings is 1. The minimum absolute atomic E-state index is 0.102. The third-order valence-corrected chi connectivity index (χ3v) is 4.23. The van der Waals surface area contributed by atoms with Gasteiger partial charge in [-0.25, -0.2) is 14.8 Å². The molecule has 1 unspecified atom stereocenters. The normalized spacial score (nSPS) is 12.2. The number of aryl methyl sites for hydroxylation is 1. The van der Waals surface area contributed by atoms with Crippen molar-refractivity contribution in [2.24, 2.45) is 0 Å². The SMILES string of the molecule is CCCCCc1cnc(OC(=O)/C=C/C(CCC)c2ccccc2)nc1. The summed E-state index contributed by atoms with van der Waals surface area (Å²) < 4.78 is 5.21. The third-order valence-electron chi connectivity index (χ3n) is 4.23. The lowest BCUT2D eigenvalue weighted by atomic mass is 9.94. The number of ether oxygens (including phenoxy) is 1. The van der Waals surface area contributed by atoms with Crippen molar-refractivity contribution in [1.82, 2.24) is 9.97 Å². The van der Waals surface area contributed by atoms with Crippen LogP contribution in [0.5, 0.6) is 6.01 Å². The van der Waals surface area contributed by atoms with Crippen LogP contribution >= 0.6 is 0 Å². The van der Waals surface area contributed by atoms with Gasteiger partial charge in [-0.05, 0) is 30.4 Å². The van der Waals surface area contributed by atoms with Gasteiger partial charge in [0.05, 0.1) is 0 Å². The van der Waals surface area contributed by atoms with E-state index in [4.69, 9.17) is 4.74 Å². The molecule has 138 valence electrons. The predicted molar refractivity (Wildman–Crippen MR) is 104 cm³/mol. The van der Waals surface area contributed by atoms with Crippen LogP contribution in [0.15, 0.2) is 54.9 Å². The van der Waals surface area contributed by atoms with E-state index in [9.17, 15) is 4.79 Å². The lowest BCUT2D eigenvalue weighted by molar-refractivity contribution is -0.129. The molecular formula is C22H28N2O2. The molecule has 0 radical (unpaired) electrons. The maximum atomic E-state index is 12.1. The Hall–Kier alpha value is -2.49. The zero-order valence-electron chi connectivity index (χ0n) is 15.7. The highest BCUT2D eigenvalue weighted by Gasteiger charge is 2.09. The molecule has 4 nitrogen and oxygen atoms in total. The molecule has 0 saturated heterocycles. The fourth-order valence-electron chi connectivity index (χ4n) is 2.81. The molecule has 0 aliphatic rings. The zero-order valence-corrected chi connectivity index (χ0v) is 15.7. The van der Waals surface area contributed by atoms with Crippen molar-refractivity contribution >= 4 is 5.97 Å². The molecule has 0 fully saturated rings. The minimum atomic E-state index is -0.444. The molecule has 1 aromatic heterocycles. The molecule has 2 rings (SSSR count). The van der Waals surface area contributed by atoms with Gasteiger partial charge in [0.15, 0.2) is 0 Å². The van der Waals surface area contributed by atoms with Crippen molar-refractivity contribution in [3.05, 3.63) is 66.0 Å². The van der Waals surface area contributed by atoms with Crippen molar-refractivity contribution in [1.29, 1.82) is 0 Å². The highest BCUT2D eigenvalue weighted by Crippen LogP contribution is 2.22. The second-order valence-corrected chi connectivity index (χ2v) is 6.42. The Balaban J connectivity index is 1.91. The summed E-state index contributed by atoms with van der Waals surface area (Å²) in [6, 6.07) is 10.3. The summed E-state index contributed by atoms with van der Waals surface area (Å²) in [6.45, 7) is 4.31. The van der Waals surface area contributed by atoms with Gasteiger partial charge in [-0.3, -0.25) is 0 Å². The van der Waals surface area contributed by atoms with E-state index in [0.29, 0.717) is 0 Å². The van der Waals surface area contributed by atoms with Crippen molar-refractivity contribution < 1.29 is 9.53 Å². The highest BCUT2D eigenvalue weighted by atomic mass is 16.5. The summed E-state index contributed by atoms with van der Waals surface area (Å²) in [5, 5.41) is 0. The second kappa shape index (κ2) is 11.2. The monoisotopic (exact) mass is 352 g/mol. The number of hydrogen-bond acceptors (Lipinski definition) is 4. The van der Waals surface area contributed by atoms with E-state index in [-0.39, 0.29) is 11.9 Å². The average molecular weight is 352 g/mol. The Kier molecular flexibility index (Phi) is 8.53. The van der Waals surface area contributed by atoms with Crippen LogP contribution in [0.4, 0.5) is 0 Å². The number of carbonyl (C=O) groups excluding carboxylic acids is 1. The van der Waals surface area contributed by atoms with E-state index < -0.39 is 5.97 Å². The molecule has 0 aliphatic heterocycles. The predicted octanol–water partition coefficient (Wildman–Crippen LogP) is 5.25. The number of carbonyl (C=O) groups is 1. The Labute approximate surface area is 156 Å². The van der Waals surface area contributed by atoms with Crippen LogP contribution in [0.2, 0.25) is 0 Å². The van der Waals surface area contributed by atoms with E-state index in [1.54, 1.807) is 12.4 Å². The number of allylic oxidation sites excluding steroid dienone is 1. The van der Waals surface area contributed by atoms with E-state index in [1.165, 1.54) is 24.5 Å². The van der Waals surface area contributed by atoms with Crippen LogP contribution in [0.3, 0.4) is 0 Å². The number of aromatic nitrogens is 2. The molecule has 1 atom stereocenters. The molecular weight excluding hydrogens is 324 g/mol. The minimum Gasteiger partial charge on any atom is -0.388 e. The summed E-state index contributed by atoms with van der Waals surface area (Å²) in [7, 11) is 0. The molecule has 0 saturated carbocycles. The zero-order chi connectivity index (χ0) is 18.6. The molecule has 2 aromatic rings. The van der Waals surface area contributed by atoms with Crippen molar-refractivity contribution in [3.8, 4) is 6.01 Å². The van der Waals surface area contributed by atoms with E-state index >= 15 is 0 Å². The Morgan fingerprint density at radius 3 is 2.46 bits per heavy atom. The maximum absolute atomic E-state index is 12.1. The van der Waals surface area contributed by atoms with Crippen molar-refractivity contribution in [3.63, 3.8) is 0 Å². The molecule has 0 aliphatic carbocycles. The van der Waals surface area contributed by atoms with Crippen LogP contribution in [0.25, 0.3) is 0 Å². The molecule has 26 heavy (non-hydrogen) atoms. The molecule has 0 spiro atoms. The van der Waals surface area contributed by atoms with Crippen molar-refractivity contribution in [2.75, 3.05) is 0 Å². The largest absolute Gasteiger partial charge is 0.388 e. The van der Waals surface area contributed by atoms with Gasteiger partial charge < -0.3 is 4.74 Å². The first kappa shape index (κ1) is 19.8. The summed E-state index contributed by atoms with van der Waals surface area (Å²) >= 11 is 0. The van der Waals surface area contributed by atoms with Crippen LogP contribution < -0.4 is 4.74 Å². The van der Waals surface area contributed by atoms with Gasteiger partial charge >= 0.3 is 12.0 Å². The Morgan fingerprint density at radius 2 is 1.81 bits per heavy atom. The number of unbranched alkanes of at least 4 members (excludes halogenated alkanes) is 2. The molecule has 0 N–H and O–H groups in total. The lowest BCUT2D eigenvalue weighted by Gasteiger charge is -2.11. The lowest BCUT2D eigenvalue weighted by Crippen LogP contribution is -2.08. The Morgan fingerprint density at radius 1 is 1.08 bits per heavy atom. The fraction of sp³-hybridized carbons (Fsp3) is 0.409. The first-order valence-electron chi connectivity index (χ1n) is 9.48. The number of rotatable bonds is 10. The molecule has 0 amide bonds. The van der Waals surface area contributed by atoms with Crippen LogP contribution in [-0.2, 0) is 11.2 Å². The van der Waals surface area contributed by atoms with Crippen LogP contribution in [0, 0.1) is 0 Å². The quantitative estimate of drug-likeness (QED) is 0.333. The molecule has 1 heterocycles. The standard InChI is InChI=1S/C22H28N2O2/c1-3-5-7-11-18-16-23-22(24-17-18)26-21(25)15-14-19(10-4-2)20-12-8-6-9-13-20/h6,8-9,12-17,19H,3-5,7,10-11H2,1-2H3/b15-14+. The fourth-order valence-corrected chi connectivity index (χ4v) is 2.81.